The van der Waals surface area contributed by atoms with Gasteiger partial charge in [-0.25, -0.2) is 0 Å². The van der Waals surface area contributed by atoms with Crippen LogP contribution in [-0.2, 0) is 0 Å². The Hall–Kier alpha value is -0.0800. The molecule has 1 fully saturated rings. The quantitative estimate of drug-likeness (QED) is 0.602. The highest BCUT2D eigenvalue weighted by Crippen LogP contribution is 2.17. The standard InChI is InChI=1S/C9H20N2/c1-10(2)8-6-9-5-4-7-11(9)3/h9H,4-8H2,1-3H3. The Bertz CT molecular complexity index is 112. The Morgan fingerprint density at radius 1 is 1.45 bits per heavy atom. The maximum Gasteiger partial charge on any atom is 0.0105 e. The van der Waals surface area contributed by atoms with Gasteiger partial charge in [0.15, 0.2) is 0 Å². The molecule has 2 heteroatoms. The van der Waals surface area contributed by atoms with Gasteiger partial charge in [0.2, 0.25) is 0 Å². The fourth-order valence-electron chi connectivity index (χ4n) is 1.75. The lowest BCUT2D eigenvalue weighted by Gasteiger charge is -2.20. The zero-order valence-electron chi connectivity index (χ0n) is 8.01. The van der Waals surface area contributed by atoms with Crippen molar-refractivity contribution in [3.05, 3.63) is 0 Å². The molecule has 1 aliphatic rings. The van der Waals surface area contributed by atoms with Crippen LogP contribution >= 0.6 is 0 Å². The van der Waals surface area contributed by atoms with E-state index in [0.717, 1.165) is 6.04 Å². The van der Waals surface area contributed by atoms with E-state index >= 15 is 0 Å². The summed E-state index contributed by atoms with van der Waals surface area (Å²) in [5.41, 5.74) is 0. The summed E-state index contributed by atoms with van der Waals surface area (Å²) >= 11 is 0. The zero-order chi connectivity index (χ0) is 8.27. The van der Waals surface area contributed by atoms with Gasteiger partial charge >= 0.3 is 0 Å². The van der Waals surface area contributed by atoms with E-state index < -0.39 is 0 Å². The molecule has 1 unspecified atom stereocenters. The minimum atomic E-state index is 0.859. The lowest BCUT2D eigenvalue weighted by atomic mass is 10.1. The molecule has 0 radical (unpaired) electrons. The van der Waals surface area contributed by atoms with Gasteiger partial charge in [0, 0.05) is 6.04 Å². The van der Waals surface area contributed by atoms with Gasteiger partial charge in [0.1, 0.15) is 0 Å². The molecule has 11 heavy (non-hydrogen) atoms. The maximum absolute atomic E-state index is 2.49. The van der Waals surface area contributed by atoms with Gasteiger partial charge in [-0.15, -0.1) is 0 Å². The van der Waals surface area contributed by atoms with Gasteiger partial charge in [-0.3, -0.25) is 0 Å². The third-order valence-electron chi connectivity index (χ3n) is 2.58. The number of nitrogens with zero attached hydrogens (tertiary/aromatic N) is 2. The smallest absolute Gasteiger partial charge is 0.0105 e. The molecule has 0 aromatic carbocycles. The van der Waals surface area contributed by atoms with Crippen molar-refractivity contribution in [3.63, 3.8) is 0 Å². The van der Waals surface area contributed by atoms with E-state index in [1.54, 1.807) is 0 Å². The molecule has 0 amide bonds. The minimum Gasteiger partial charge on any atom is -0.309 e. The van der Waals surface area contributed by atoms with Gasteiger partial charge < -0.3 is 9.80 Å². The predicted octanol–water partition coefficient (Wildman–Crippen LogP) is 1.03. The number of hydrogen-bond acceptors (Lipinski definition) is 2. The van der Waals surface area contributed by atoms with Crippen molar-refractivity contribution in [2.45, 2.75) is 25.3 Å². The highest BCUT2D eigenvalue weighted by atomic mass is 15.2. The SMILES string of the molecule is CN(C)CCC1CCCN1C. The summed E-state index contributed by atoms with van der Waals surface area (Å²) in [6, 6.07) is 0.859. The molecule has 0 aromatic rings. The Balaban J connectivity index is 2.15. The molecule has 1 atom stereocenters. The monoisotopic (exact) mass is 156 g/mol. The fraction of sp³-hybridized carbons (Fsp3) is 1.00. The van der Waals surface area contributed by atoms with E-state index in [9.17, 15) is 0 Å². The van der Waals surface area contributed by atoms with Crippen LogP contribution in [0.2, 0.25) is 0 Å². The van der Waals surface area contributed by atoms with Crippen LogP contribution in [0.3, 0.4) is 0 Å². The summed E-state index contributed by atoms with van der Waals surface area (Å²) in [6.07, 6.45) is 4.14. The molecule has 1 aliphatic heterocycles. The maximum atomic E-state index is 2.49. The van der Waals surface area contributed by atoms with Crippen LogP contribution in [0, 0.1) is 0 Å². The van der Waals surface area contributed by atoms with Gasteiger partial charge in [-0.05, 0) is 53.5 Å². The summed E-state index contributed by atoms with van der Waals surface area (Å²) < 4.78 is 0. The largest absolute Gasteiger partial charge is 0.309 e. The Kier molecular flexibility index (Phi) is 3.34. The molecule has 1 heterocycles. The van der Waals surface area contributed by atoms with Crippen LogP contribution < -0.4 is 0 Å². The Labute approximate surface area is 70.2 Å². The lowest BCUT2D eigenvalue weighted by molar-refractivity contribution is 0.266. The summed E-state index contributed by atoms with van der Waals surface area (Å²) in [7, 11) is 6.54. The van der Waals surface area contributed by atoms with Gasteiger partial charge in [0.05, 0.1) is 0 Å². The van der Waals surface area contributed by atoms with Crippen LogP contribution in [0.25, 0.3) is 0 Å². The topological polar surface area (TPSA) is 6.48 Å². The van der Waals surface area contributed by atoms with Gasteiger partial charge in [-0.1, -0.05) is 0 Å². The molecule has 66 valence electrons. The summed E-state index contributed by atoms with van der Waals surface area (Å²) in [5.74, 6) is 0. The van der Waals surface area contributed by atoms with E-state index in [-0.39, 0.29) is 0 Å². The number of likely N-dealkylation sites (tertiary alicyclic amines) is 1. The molecular weight excluding hydrogens is 136 g/mol. The molecule has 0 N–H and O–H groups in total. The molecule has 2 nitrogen and oxygen atoms in total. The summed E-state index contributed by atoms with van der Waals surface area (Å²) in [5, 5.41) is 0. The van der Waals surface area contributed by atoms with Crippen molar-refractivity contribution < 1.29 is 0 Å². The molecule has 0 saturated carbocycles. The first-order valence-electron chi connectivity index (χ1n) is 4.55. The number of rotatable bonds is 3. The first-order chi connectivity index (χ1) is 5.20. The van der Waals surface area contributed by atoms with Gasteiger partial charge in [-0.2, -0.15) is 0 Å². The first kappa shape index (κ1) is 9.01. The lowest BCUT2D eigenvalue weighted by Crippen LogP contribution is -2.28. The third-order valence-corrected chi connectivity index (χ3v) is 2.58. The molecule has 0 aliphatic carbocycles. The average Bonchev–Trinajstić information content (AvgIpc) is 2.31. The van der Waals surface area contributed by atoms with Crippen molar-refractivity contribution in [1.82, 2.24) is 9.80 Å². The fourth-order valence-corrected chi connectivity index (χ4v) is 1.75. The van der Waals surface area contributed by atoms with Crippen LogP contribution in [-0.4, -0.2) is 50.1 Å². The first-order valence-corrected chi connectivity index (χ1v) is 4.55. The predicted molar refractivity (Wildman–Crippen MR) is 48.8 cm³/mol. The van der Waals surface area contributed by atoms with Crippen LogP contribution in [0.15, 0.2) is 0 Å². The minimum absolute atomic E-state index is 0.859. The van der Waals surface area contributed by atoms with E-state index in [0.29, 0.717) is 0 Å². The second kappa shape index (κ2) is 4.07. The van der Waals surface area contributed by atoms with Gasteiger partial charge in [0.25, 0.3) is 0 Å². The highest BCUT2D eigenvalue weighted by Gasteiger charge is 2.19. The van der Waals surface area contributed by atoms with Crippen molar-refractivity contribution in [2.24, 2.45) is 0 Å². The zero-order valence-corrected chi connectivity index (χ0v) is 8.01. The van der Waals surface area contributed by atoms with E-state index in [1.165, 1.54) is 32.4 Å². The molecule has 1 saturated heterocycles. The molecule has 0 bridgehead atoms. The Morgan fingerprint density at radius 3 is 2.64 bits per heavy atom. The second-order valence-corrected chi connectivity index (χ2v) is 3.87. The van der Waals surface area contributed by atoms with Crippen molar-refractivity contribution >= 4 is 0 Å². The molecule has 0 spiro atoms. The normalized spacial score (nSPS) is 26.7. The van der Waals surface area contributed by atoms with E-state index in [2.05, 4.69) is 30.9 Å². The average molecular weight is 156 g/mol. The highest BCUT2D eigenvalue weighted by molar-refractivity contribution is 4.76. The number of hydrogen-bond donors (Lipinski definition) is 0. The van der Waals surface area contributed by atoms with Crippen molar-refractivity contribution in [3.8, 4) is 0 Å². The van der Waals surface area contributed by atoms with Crippen LogP contribution in [0.1, 0.15) is 19.3 Å². The Morgan fingerprint density at radius 2 is 2.18 bits per heavy atom. The van der Waals surface area contributed by atoms with Crippen LogP contribution in [0.5, 0.6) is 0 Å². The summed E-state index contributed by atoms with van der Waals surface area (Å²) in [4.78, 5) is 4.76. The molecular formula is C9H20N2. The molecule has 1 rings (SSSR count). The molecule has 0 aromatic heterocycles. The van der Waals surface area contributed by atoms with Crippen LogP contribution in [0.4, 0.5) is 0 Å². The van der Waals surface area contributed by atoms with E-state index in [1.807, 2.05) is 0 Å². The van der Waals surface area contributed by atoms with Crippen molar-refractivity contribution in [2.75, 3.05) is 34.2 Å². The second-order valence-electron chi connectivity index (χ2n) is 3.87. The van der Waals surface area contributed by atoms with Crippen molar-refractivity contribution in [1.29, 1.82) is 0 Å². The summed E-state index contributed by atoms with van der Waals surface area (Å²) in [6.45, 7) is 2.53. The third kappa shape index (κ3) is 2.80. The van der Waals surface area contributed by atoms with E-state index in [4.69, 9.17) is 0 Å².